The molecule has 1 saturated heterocycles. The Morgan fingerprint density at radius 1 is 1.14 bits per heavy atom. The fourth-order valence-electron chi connectivity index (χ4n) is 4.39. The van der Waals surface area contributed by atoms with Gasteiger partial charge in [-0.15, -0.1) is 11.3 Å². The second kappa shape index (κ2) is 10.1. The topological polar surface area (TPSA) is 79.3 Å². The standard InChI is InChI=1S/C27H27ClN2O3S3/c1-27(2,31)18-10-12-29-23(15-18)21-8-5-6-17-14-24(35-26(17)21)25(20-7-3-4-9-22(20)28)30-36(32,33)19-11-13-34-16-19/h3-10,12,14-15,19,25,30-31H,11,13,16H2,1-2H3/t19-,25-/m1/s1. The number of pyridine rings is 1. The van der Waals surface area contributed by atoms with Gasteiger partial charge in [0.05, 0.1) is 22.6 Å². The van der Waals surface area contributed by atoms with Crippen molar-refractivity contribution in [3.8, 4) is 11.3 Å². The van der Waals surface area contributed by atoms with Gasteiger partial charge >= 0.3 is 0 Å². The Kier molecular flexibility index (Phi) is 7.20. The minimum Gasteiger partial charge on any atom is -0.386 e. The summed E-state index contributed by atoms with van der Waals surface area (Å²) in [4.78, 5) is 5.43. The smallest absolute Gasteiger partial charge is 0.216 e. The number of hydrogen-bond donors (Lipinski definition) is 2. The molecule has 1 fully saturated rings. The van der Waals surface area contributed by atoms with Crippen molar-refractivity contribution < 1.29 is 13.5 Å². The molecular weight excluding hydrogens is 532 g/mol. The van der Waals surface area contributed by atoms with Gasteiger partial charge in [0.15, 0.2) is 0 Å². The van der Waals surface area contributed by atoms with E-state index in [-0.39, 0.29) is 0 Å². The van der Waals surface area contributed by atoms with E-state index in [1.807, 2.05) is 54.6 Å². The van der Waals surface area contributed by atoms with Crippen LogP contribution in [0.3, 0.4) is 0 Å². The van der Waals surface area contributed by atoms with Crippen molar-refractivity contribution in [2.75, 3.05) is 11.5 Å². The lowest BCUT2D eigenvalue weighted by molar-refractivity contribution is 0.0785. The number of aromatic nitrogens is 1. The number of rotatable bonds is 7. The number of hydrogen-bond acceptors (Lipinski definition) is 6. The SMILES string of the molecule is CC(C)(O)c1ccnc(-c2cccc3cc([C@H](NS(=O)(=O)[C@@H]4CCSC4)c4ccccc4Cl)sc23)c1. The summed E-state index contributed by atoms with van der Waals surface area (Å²) in [5.74, 6) is 1.45. The molecule has 3 heterocycles. The van der Waals surface area contributed by atoms with Crippen LogP contribution in [-0.4, -0.2) is 35.3 Å². The highest BCUT2D eigenvalue weighted by atomic mass is 35.5. The molecule has 0 spiro atoms. The second-order valence-electron chi connectivity index (χ2n) is 9.46. The number of aliphatic hydroxyl groups is 1. The maximum atomic E-state index is 13.3. The Morgan fingerprint density at radius 2 is 1.94 bits per heavy atom. The summed E-state index contributed by atoms with van der Waals surface area (Å²) in [6, 6.07) is 18.5. The fourth-order valence-corrected chi connectivity index (χ4v) is 9.36. The number of sulfonamides is 1. The predicted octanol–water partition coefficient (Wildman–Crippen LogP) is 6.36. The first-order valence-electron chi connectivity index (χ1n) is 11.7. The Morgan fingerprint density at radius 3 is 2.67 bits per heavy atom. The molecule has 0 radical (unpaired) electrons. The van der Waals surface area contributed by atoms with Crippen molar-refractivity contribution >= 4 is 54.8 Å². The van der Waals surface area contributed by atoms with Crippen LogP contribution in [0.1, 0.15) is 42.3 Å². The summed E-state index contributed by atoms with van der Waals surface area (Å²) in [7, 11) is -3.56. The summed E-state index contributed by atoms with van der Waals surface area (Å²) < 4.78 is 30.7. The molecule has 36 heavy (non-hydrogen) atoms. The Balaban J connectivity index is 1.62. The molecule has 188 valence electrons. The van der Waals surface area contributed by atoms with Gasteiger partial charge in [-0.1, -0.05) is 48.0 Å². The summed E-state index contributed by atoms with van der Waals surface area (Å²) in [6.07, 6.45) is 2.35. The van der Waals surface area contributed by atoms with E-state index < -0.39 is 26.9 Å². The number of benzene rings is 2. The third-order valence-electron chi connectivity index (χ3n) is 6.42. The highest BCUT2D eigenvalue weighted by Crippen LogP contribution is 2.41. The minimum absolute atomic E-state index is 0.411. The van der Waals surface area contributed by atoms with Gasteiger partial charge in [-0.25, -0.2) is 13.1 Å². The lowest BCUT2D eigenvalue weighted by Crippen LogP contribution is -2.37. The van der Waals surface area contributed by atoms with E-state index in [1.54, 1.807) is 37.9 Å². The maximum absolute atomic E-state index is 13.3. The molecule has 5 nitrogen and oxygen atoms in total. The zero-order valence-corrected chi connectivity index (χ0v) is 23.1. The van der Waals surface area contributed by atoms with Crippen LogP contribution in [0.25, 0.3) is 21.3 Å². The van der Waals surface area contributed by atoms with Crippen LogP contribution < -0.4 is 4.72 Å². The average molecular weight is 559 g/mol. The second-order valence-corrected chi connectivity index (χ2v) is 14.1. The molecule has 9 heteroatoms. The van der Waals surface area contributed by atoms with E-state index >= 15 is 0 Å². The van der Waals surface area contributed by atoms with Crippen LogP contribution >= 0.6 is 34.7 Å². The zero-order valence-electron chi connectivity index (χ0n) is 19.9. The monoisotopic (exact) mass is 558 g/mol. The van der Waals surface area contributed by atoms with Crippen molar-refractivity contribution in [3.05, 3.63) is 87.9 Å². The molecule has 5 rings (SSSR count). The van der Waals surface area contributed by atoms with E-state index in [0.29, 0.717) is 17.2 Å². The molecule has 1 aliphatic heterocycles. The zero-order chi connectivity index (χ0) is 25.5. The highest BCUT2D eigenvalue weighted by molar-refractivity contribution is 8.01. The fraction of sp³-hybridized carbons (Fsp3) is 0.296. The van der Waals surface area contributed by atoms with E-state index in [9.17, 15) is 13.5 Å². The van der Waals surface area contributed by atoms with E-state index in [1.165, 1.54) is 11.3 Å². The summed E-state index contributed by atoms with van der Waals surface area (Å²) in [5, 5.41) is 11.6. The third-order valence-corrected chi connectivity index (χ3v) is 11.2. The van der Waals surface area contributed by atoms with Crippen molar-refractivity contribution in [2.24, 2.45) is 0 Å². The van der Waals surface area contributed by atoms with Gasteiger partial charge in [-0.2, -0.15) is 11.8 Å². The van der Waals surface area contributed by atoms with Gasteiger partial charge in [0.2, 0.25) is 10.0 Å². The Labute approximate surface area is 225 Å². The quantitative estimate of drug-likeness (QED) is 0.276. The first-order chi connectivity index (χ1) is 17.1. The largest absolute Gasteiger partial charge is 0.386 e. The van der Waals surface area contributed by atoms with Gasteiger partial charge < -0.3 is 5.11 Å². The molecule has 2 aromatic heterocycles. The highest BCUT2D eigenvalue weighted by Gasteiger charge is 2.33. The number of thioether (sulfide) groups is 1. The number of halogens is 1. The molecule has 4 aromatic rings. The first-order valence-corrected chi connectivity index (χ1v) is 15.6. The lowest BCUT2D eigenvalue weighted by atomic mass is 9.97. The molecule has 2 N–H and O–H groups in total. The van der Waals surface area contributed by atoms with Crippen molar-refractivity contribution in [3.63, 3.8) is 0 Å². The molecule has 1 aliphatic rings. The molecule has 2 atom stereocenters. The van der Waals surface area contributed by atoms with Crippen molar-refractivity contribution in [2.45, 2.75) is 37.2 Å². The normalized spacial score (nSPS) is 17.5. The van der Waals surface area contributed by atoms with E-state index in [0.717, 1.165) is 43.1 Å². The molecule has 2 aromatic carbocycles. The van der Waals surface area contributed by atoms with Crippen LogP contribution in [0, 0.1) is 0 Å². The minimum atomic E-state index is -3.56. The molecule has 0 amide bonds. The first kappa shape index (κ1) is 25.7. The number of nitrogens with zero attached hydrogens (tertiary/aromatic N) is 1. The van der Waals surface area contributed by atoms with Crippen LogP contribution in [-0.2, 0) is 15.6 Å². The Bertz CT molecular complexity index is 1510. The number of thiophene rings is 1. The van der Waals surface area contributed by atoms with Crippen LogP contribution in [0.4, 0.5) is 0 Å². The van der Waals surface area contributed by atoms with Crippen LogP contribution in [0.5, 0.6) is 0 Å². The van der Waals surface area contributed by atoms with Gasteiger partial charge in [0.1, 0.15) is 0 Å². The third kappa shape index (κ3) is 5.21. The molecule has 0 aliphatic carbocycles. The summed E-state index contributed by atoms with van der Waals surface area (Å²) >= 11 is 9.78. The van der Waals surface area contributed by atoms with Crippen LogP contribution in [0.15, 0.2) is 66.9 Å². The Hall–Kier alpha value is -1.94. The molecule has 0 saturated carbocycles. The molecule has 0 unspecified atom stereocenters. The lowest BCUT2D eigenvalue weighted by Gasteiger charge is -2.21. The van der Waals surface area contributed by atoms with Crippen molar-refractivity contribution in [1.29, 1.82) is 0 Å². The van der Waals surface area contributed by atoms with Crippen LogP contribution in [0.2, 0.25) is 5.02 Å². The van der Waals surface area contributed by atoms with E-state index in [2.05, 4.69) is 9.71 Å². The predicted molar refractivity (Wildman–Crippen MR) is 151 cm³/mol. The van der Waals surface area contributed by atoms with E-state index in [4.69, 9.17) is 11.6 Å². The number of nitrogens with one attached hydrogen (secondary N) is 1. The summed E-state index contributed by atoms with van der Waals surface area (Å²) in [5.41, 5.74) is 2.20. The molecule has 0 bridgehead atoms. The van der Waals surface area contributed by atoms with Gasteiger partial charge in [-0.05, 0) is 66.8 Å². The molecular formula is C27H27ClN2O3S3. The maximum Gasteiger partial charge on any atom is 0.216 e. The summed E-state index contributed by atoms with van der Waals surface area (Å²) in [6.45, 7) is 3.50. The van der Waals surface area contributed by atoms with Gasteiger partial charge in [0.25, 0.3) is 0 Å². The van der Waals surface area contributed by atoms with Gasteiger partial charge in [-0.3, -0.25) is 4.98 Å². The number of fused-ring (bicyclic) bond motifs is 1. The van der Waals surface area contributed by atoms with Crippen molar-refractivity contribution in [1.82, 2.24) is 9.71 Å². The average Bonchev–Trinajstić information content (AvgIpc) is 3.53. The van der Waals surface area contributed by atoms with Gasteiger partial charge in [0, 0.05) is 32.1 Å².